The predicted octanol–water partition coefficient (Wildman–Crippen LogP) is 2.97. The molecule has 0 bridgehead atoms. The molecule has 1 N–H and O–H groups in total. The van der Waals surface area contributed by atoms with Crippen LogP contribution < -0.4 is 0 Å². The van der Waals surface area contributed by atoms with Crippen LogP contribution in [0.15, 0.2) is 11.4 Å². The number of nitrogens with zero attached hydrogens (tertiary/aromatic N) is 2. The van der Waals surface area contributed by atoms with Crippen molar-refractivity contribution in [3.8, 4) is 0 Å². The Morgan fingerprint density at radius 3 is 2.81 bits per heavy atom. The summed E-state index contributed by atoms with van der Waals surface area (Å²) in [6.45, 7) is 7.06. The minimum Gasteiger partial charge on any atom is -0.479 e. The largest absolute Gasteiger partial charge is 0.479 e. The van der Waals surface area contributed by atoms with Crippen molar-refractivity contribution in [3.63, 3.8) is 0 Å². The Bertz CT molecular complexity index is 527. The molecule has 0 radical (unpaired) electrons. The summed E-state index contributed by atoms with van der Waals surface area (Å²) < 4.78 is 0. The Labute approximate surface area is 129 Å². The number of hydrogen-bond acceptors (Lipinski definition) is 3. The highest BCUT2D eigenvalue weighted by molar-refractivity contribution is 7.10. The molecule has 0 saturated carbocycles. The van der Waals surface area contributed by atoms with E-state index in [9.17, 15) is 14.7 Å². The highest BCUT2D eigenvalue weighted by Crippen LogP contribution is 2.34. The number of hydrogen-bond donors (Lipinski definition) is 1. The Morgan fingerprint density at radius 2 is 2.24 bits per heavy atom. The molecule has 0 aromatic carbocycles. The van der Waals surface area contributed by atoms with Gasteiger partial charge in [-0.3, -0.25) is 0 Å². The number of carbonyl (C=O) groups is 2. The van der Waals surface area contributed by atoms with E-state index < -0.39 is 12.0 Å². The van der Waals surface area contributed by atoms with Gasteiger partial charge in [-0.2, -0.15) is 0 Å². The predicted molar refractivity (Wildman–Crippen MR) is 82.6 cm³/mol. The molecule has 1 aromatic heterocycles. The Morgan fingerprint density at radius 1 is 1.52 bits per heavy atom. The average molecular weight is 310 g/mol. The van der Waals surface area contributed by atoms with Crippen molar-refractivity contribution in [2.24, 2.45) is 0 Å². The molecule has 0 fully saturated rings. The maximum absolute atomic E-state index is 12.8. The second kappa shape index (κ2) is 6.47. The summed E-state index contributed by atoms with van der Waals surface area (Å²) >= 11 is 1.57. The molecule has 1 aromatic rings. The van der Waals surface area contributed by atoms with Crippen LogP contribution in [0.1, 0.15) is 43.7 Å². The van der Waals surface area contributed by atoms with Gasteiger partial charge in [0, 0.05) is 24.0 Å². The lowest BCUT2D eigenvalue weighted by Gasteiger charge is -2.38. The molecule has 0 saturated heterocycles. The summed E-state index contributed by atoms with van der Waals surface area (Å²) in [5.41, 5.74) is 0.771. The minimum atomic E-state index is -0.956. The average Bonchev–Trinajstić information content (AvgIpc) is 2.90. The highest BCUT2D eigenvalue weighted by atomic mass is 32.1. The topological polar surface area (TPSA) is 60.9 Å². The first kappa shape index (κ1) is 15.8. The van der Waals surface area contributed by atoms with E-state index in [0.29, 0.717) is 13.1 Å². The number of carboxylic acids is 1. The van der Waals surface area contributed by atoms with Crippen LogP contribution in [0.4, 0.5) is 4.79 Å². The van der Waals surface area contributed by atoms with Crippen molar-refractivity contribution in [1.82, 2.24) is 9.80 Å². The normalized spacial score (nSPS) is 17.7. The summed E-state index contributed by atoms with van der Waals surface area (Å²) in [5.74, 6) is -0.956. The van der Waals surface area contributed by atoms with E-state index in [1.165, 1.54) is 4.90 Å². The monoisotopic (exact) mass is 310 g/mol. The summed E-state index contributed by atoms with van der Waals surface area (Å²) in [4.78, 5) is 28.8. The number of aliphatic carboxylic acids is 1. The first-order valence-corrected chi connectivity index (χ1v) is 8.21. The first-order chi connectivity index (χ1) is 9.97. The summed E-state index contributed by atoms with van der Waals surface area (Å²) in [6, 6.07) is 0.870. The molecule has 21 heavy (non-hydrogen) atoms. The molecule has 2 heterocycles. The molecule has 2 rings (SSSR count). The Balaban J connectivity index is 2.30. The number of rotatable bonds is 4. The third kappa shape index (κ3) is 3.05. The first-order valence-electron chi connectivity index (χ1n) is 7.33. The van der Waals surface area contributed by atoms with Crippen molar-refractivity contribution in [3.05, 3.63) is 21.9 Å². The quantitative estimate of drug-likeness (QED) is 0.930. The lowest BCUT2D eigenvalue weighted by molar-refractivity contribution is -0.143. The van der Waals surface area contributed by atoms with Crippen LogP contribution in [0.5, 0.6) is 0 Å². The number of urea groups is 1. The van der Waals surface area contributed by atoms with Crippen LogP contribution >= 0.6 is 11.3 Å². The van der Waals surface area contributed by atoms with Gasteiger partial charge in [0.2, 0.25) is 0 Å². The zero-order valence-electron chi connectivity index (χ0n) is 12.7. The van der Waals surface area contributed by atoms with E-state index >= 15 is 0 Å². The number of carboxylic acid groups (broad SMARTS) is 1. The summed E-state index contributed by atoms with van der Waals surface area (Å²) in [5, 5.41) is 11.5. The molecule has 1 atom stereocenters. The van der Waals surface area contributed by atoms with Gasteiger partial charge in [0.15, 0.2) is 6.04 Å². The molecule has 1 unspecified atom stereocenters. The molecule has 2 amide bonds. The lowest BCUT2D eigenvalue weighted by atomic mass is 10.0. The summed E-state index contributed by atoms with van der Waals surface area (Å²) in [6.07, 6.45) is 1.60. The molecule has 0 aliphatic carbocycles. The van der Waals surface area contributed by atoms with Gasteiger partial charge >= 0.3 is 12.0 Å². The number of fused-ring (bicyclic) bond motifs is 1. The van der Waals surface area contributed by atoms with Gasteiger partial charge in [0.1, 0.15) is 0 Å². The number of carbonyl (C=O) groups excluding carboxylic acids is 1. The van der Waals surface area contributed by atoms with Gasteiger partial charge in [0.25, 0.3) is 0 Å². The van der Waals surface area contributed by atoms with Gasteiger partial charge < -0.3 is 14.9 Å². The van der Waals surface area contributed by atoms with E-state index in [0.717, 1.165) is 23.3 Å². The Kier molecular flexibility index (Phi) is 4.88. The highest BCUT2D eigenvalue weighted by Gasteiger charge is 2.38. The van der Waals surface area contributed by atoms with E-state index in [1.807, 2.05) is 32.2 Å². The molecule has 5 nitrogen and oxygen atoms in total. The third-order valence-corrected chi connectivity index (χ3v) is 4.78. The molecule has 1 aliphatic heterocycles. The van der Waals surface area contributed by atoms with E-state index in [4.69, 9.17) is 0 Å². The standard InChI is InChI=1S/C15H22N2O3S/c1-4-7-16(10(2)3)15(20)17-8-5-12-11(6-9-21-12)13(17)14(18)19/h6,9-10,13H,4-5,7-8H2,1-3H3,(H,18,19). The molecule has 1 aliphatic rings. The lowest BCUT2D eigenvalue weighted by Crippen LogP contribution is -2.51. The van der Waals surface area contributed by atoms with E-state index in [-0.39, 0.29) is 12.1 Å². The molecular formula is C15H22N2O3S. The van der Waals surface area contributed by atoms with Crippen LogP contribution in [0.2, 0.25) is 0 Å². The SMILES string of the molecule is CCCN(C(=O)N1CCc2sccc2C1C(=O)O)C(C)C. The van der Waals surface area contributed by atoms with Crippen molar-refractivity contribution in [2.75, 3.05) is 13.1 Å². The Hall–Kier alpha value is -1.56. The van der Waals surface area contributed by atoms with Gasteiger partial charge in [0.05, 0.1) is 0 Å². The maximum atomic E-state index is 12.8. The van der Waals surface area contributed by atoms with E-state index in [2.05, 4.69) is 0 Å². The van der Waals surface area contributed by atoms with Crippen LogP contribution in [-0.4, -0.2) is 46.0 Å². The van der Waals surface area contributed by atoms with Crippen molar-refractivity contribution in [2.45, 2.75) is 45.7 Å². The van der Waals surface area contributed by atoms with Crippen LogP contribution in [-0.2, 0) is 11.2 Å². The van der Waals surface area contributed by atoms with Gasteiger partial charge in [-0.1, -0.05) is 6.92 Å². The fourth-order valence-corrected chi connectivity index (χ4v) is 3.67. The van der Waals surface area contributed by atoms with Crippen LogP contribution in [0, 0.1) is 0 Å². The van der Waals surface area contributed by atoms with Crippen molar-refractivity contribution in [1.29, 1.82) is 0 Å². The van der Waals surface area contributed by atoms with Crippen LogP contribution in [0.3, 0.4) is 0 Å². The third-order valence-electron chi connectivity index (χ3n) is 3.78. The number of amides is 2. The van der Waals surface area contributed by atoms with Gasteiger partial charge in [-0.05, 0) is 43.7 Å². The zero-order chi connectivity index (χ0) is 15.6. The summed E-state index contributed by atoms with van der Waals surface area (Å²) in [7, 11) is 0. The van der Waals surface area contributed by atoms with E-state index in [1.54, 1.807) is 16.2 Å². The van der Waals surface area contributed by atoms with Crippen molar-refractivity contribution >= 4 is 23.3 Å². The second-order valence-electron chi connectivity index (χ2n) is 5.55. The fraction of sp³-hybridized carbons (Fsp3) is 0.600. The zero-order valence-corrected chi connectivity index (χ0v) is 13.5. The van der Waals surface area contributed by atoms with Crippen LogP contribution in [0.25, 0.3) is 0 Å². The fourth-order valence-electron chi connectivity index (χ4n) is 2.77. The minimum absolute atomic E-state index is 0.0655. The molecule has 116 valence electrons. The molecular weight excluding hydrogens is 288 g/mol. The number of thiophene rings is 1. The molecule has 6 heteroatoms. The second-order valence-corrected chi connectivity index (χ2v) is 6.55. The van der Waals surface area contributed by atoms with Crippen molar-refractivity contribution < 1.29 is 14.7 Å². The molecule has 0 spiro atoms. The maximum Gasteiger partial charge on any atom is 0.331 e. The smallest absolute Gasteiger partial charge is 0.331 e. The van der Waals surface area contributed by atoms with Gasteiger partial charge in [-0.25, -0.2) is 9.59 Å². The van der Waals surface area contributed by atoms with Gasteiger partial charge in [-0.15, -0.1) is 11.3 Å².